The van der Waals surface area contributed by atoms with Crippen molar-refractivity contribution in [3.63, 3.8) is 0 Å². The third-order valence-corrected chi connectivity index (χ3v) is 1.81. The summed E-state index contributed by atoms with van der Waals surface area (Å²) in [6, 6.07) is 8.03. The van der Waals surface area contributed by atoms with Gasteiger partial charge in [-0.25, -0.2) is 0 Å². The molecule has 2 nitrogen and oxygen atoms in total. The Balaban J connectivity index is 2.44. The number of allylic oxidation sites excluding steroid dienone is 1. The van der Waals surface area contributed by atoms with Gasteiger partial charge in [-0.3, -0.25) is 0 Å². The van der Waals surface area contributed by atoms with Crippen molar-refractivity contribution in [1.82, 2.24) is 0 Å². The number of hydrogen-bond donors (Lipinski definition) is 0. The molecule has 0 radical (unpaired) electrons. The van der Waals surface area contributed by atoms with E-state index >= 15 is 0 Å². The maximum atomic E-state index is 4.09. The van der Waals surface area contributed by atoms with Crippen molar-refractivity contribution in [1.29, 1.82) is 0 Å². The minimum atomic E-state index is 0.668. The van der Waals surface area contributed by atoms with Crippen LogP contribution >= 0.6 is 0 Å². The Morgan fingerprint density at radius 2 is 1.86 bits per heavy atom. The van der Waals surface area contributed by atoms with Gasteiger partial charge < -0.3 is 0 Å². The number of azo groups is 1. The fourth-order valence-corrected chi connectivity index (χ4v) is 1.02. The van der Waals surface area contributed by atoms with Gasteiger partial charge in [0.2, 0.25) is 0 Å². The minimum absolute atomic E-state index is 0.668. The second-order valence-corrected chi connectivity index (χ2v) is 3.14. The van der Waals surface area contributed by atoms with Crippen molar-refractivity contribution in [2.24, 2.45) is 10.2 Å². The van der Waals surface area contributed by atoms with Crippen molar-refractivity contribution in [3.8, 4) is 0 Å². The Labute approximate surface area is 85.4 Å². The molecule has 0 atom stereocenters. The second kappa shape index (κ2) is 6.08. The summed E-state index contributed by atoms with van der Waals surface area (Å²) in [5, 5.41) is 8.14. The lowest BCUT2D eigenvalue weighted by Gasteiger charge is -1.92. The topological polar surface area (TPSA) is 24.7 Å². The summed E-state index contributed by atoms with van der Waals surface area (Å²) >= 11 is 0. The highest BCUT2D eigenvalue weighted by Gasteiger charge is 1.86. The Kier molecular flexibility index (Phi) is 4.62. The Hall–Kier alpha value is -1.44. The van der Waals surface area contributed by atoms with E-state index in [1.807, 2.05) is 30.3 Å². The summed E-state index contributed by atoms with van der Waals surface area (Å²) < 4.78 is 0. The lowest BCUT2D eigenvalue weighted by atomic mass is 10.2. The first-order valence-corrected chi connectivity index (χ1v) is 4.92. The summed E-state index contributed by atoms with van der Waals surface area (Å²) in [5.41, 5.74) is 2.16. The lowest BCUT2D eigenvalue weighted by Crippen LogP contribution is -1.71. The molecule has 1 rings (SSSR count). The minimum Gasteiger partial charge on any atom is -0.185 e. The van der Waals surface area contributed by atoms with Gasteiger partial charge in [-0.15, -0.1) is 0 Å². The molecule has 0 aliphatic heterocycles. The normalized spacial score (nSPS) is 11.6. The van der Waals surface area contributed by atoms with Gasteiger partial charge in [0.05, 0.1) is 12.2 Å². The third-order valence-electron chi connectivity index (χ3n) is 1.81. The van der Waals surface area contributed by atoms with Crippen LogP contribution in [0.25, 0.3) is 0 Å². The Morgan fingerprint density at radius 3 is 2.50 bits per heavy atom. The summed E-state index contributed by atoms with van der Waals surface area (Å²) in [6.45, 7) is 4.83. The summed E-state index contributed by atoms with van der Waals surface area (Å²) in [4.78, 5) is 0. The zero-order chi connectivity index (χ0) is 10.2. The largest absolute Gasteiger partial charge is 0.185 e. The highest BCUT2D eigenvalue weighted by molar-refractivity contribution is 5.37. The van der Waals surface area contributed by atoms with Crippen molar-refractivity contribution in [2.75, 3.05) is 6.54 Å². The zero-order valence-corrected chi connectivity index (χ0v) is 8.77. The van der Waals surface area contributed by atoms with Crippen LogP contribution in [0.15, 0.2) is 46.6 Å². The van der Waals surface area contributed by atoms with Crippen LogP contribution in [0.5, 0.6) is 0 Å². The molecule has 0 N–H and O–H groups in total. The van der Waals surface area contributed by atoms with Gasteiger partial charge in [0.1, 0.15) is 0 Å². The van der Waals surface area contributed by atoms with Crippen LogP contribution in [-0.2, 0) is 0 Å². The average Bonchev–Trinajstić information content (AvgIpc) is 2.21. The molecule has 0 amide bonds. The average molecular weight is 188 g/mol. The van der Waals surface area contributed by atoms with Gasteiger partial charge in [0.25, 0.3) is 0 Å². The molecular weight excluding hydrogens is 172 g/mol. The molecule has 0 aliphatic carbocycles. The van der Waals surface area contributed by atoms with E-state index in [9.17, 15) is 0 Å². The fraction of sp³-hybridized carbons (Fsp3) is 0.333. The smallest absolute Gasteiger partial charge is 0.0852 e. The molecule has 0 saturated carbocycles. The van der Waals surface area contributed by atoms with Crippen LogP contribution < -0.4 is 0 Å². The molecule has 0 heterocycles. The van der Waals surface area contributed by atoms with Crippen LogP contribution in [-0.4, -0.2) is 6.54 Å². The van der Waals surface area contributed by atoms with E-state index in [2.05, 4.69) is 30.2 Å². The Bertz CT molecular complexity index is 310. The van der Waals surface area contributed by atoms with Crippen molar-refractivity contribution >= 4 is 5.69 Å². The summed E-state index contributed by atoms with van der Waals surface area (Å²) in [7, 11) is 0. The maximum absolute atomic E-state index is 4.09. The molecule has 0 aromatic heterocycles. The molecule has 1 aromatic rings. The van der Waals surface area contributed by atoms with E-state index < -0.39 is 0 Å². The van der Waals surface area contributed by atoms with Crippen LogP contribution in [0.4, 0.5) is 5.69 Å². The number of benzene rings is 1. The first-order valence-electron chi connectivity index (χ1n) is 4.92. The molecule has 0 fully saturated rings. The first kappa shape index (κ1) is 10.6. The second-order valence-electron chi connectivity index (χ2n) is 3.14. The molecule has 0 unspecified atom stereocenters. The van der Waals surface area contributed by atoms with Gasteiger partial charge >= 0.3 is 0 Å². The molecular formula is C12H16N2. The lowest BCUT2D eigenvalue weighted by molar-refractivity contribution is 1.06. The van der Waals surface area contributed by atoms with Crippen LogP contribution in [0.2, 0.25) is 0 Å². The number of nitrogens with zero attached hydrogens (tertiary/aromatic N) is 2. The van der Waals surface area contributed by atoms with Crippen molar-refractivity contribution < 1.29 is 0 Å². The van der Waals surface area contributed by atoms with Crippen molar-refractivity contribution in [2.45, 2.75) is 20.3 Å². The van der Waals surface area contributed by atoms with Gasteiger partial charge in [-0.05, 0) is 25.5 Å². The van der Waals surface area contributed by atoms with Gasteiger partial charge in [-0.2, -0.15) is 10.2 Å². The first-order chi connectivity index (χ1) is 6.83. The number of rotatable bonds is 4. The predicted octanol–water partition coefficient (Wildman–Crippen LogP) is 4.04. The standard InChI is InChI=1S/C12H16N2/c1-3-4-5-10-13-14-12-8-6-11(2)7-9-12/h4-9H,3,10H2,1-2H3/b5-4-,14-13+. The fourth-order valence-electron chi connectivity index (χ4n) is 1.02. The Morgan fingerprint density at radius 1 is 1.14 bits per heavy atom. The molecule has 2 heteroatoms. The van der Waals surface area contributed by atoms with Gasteiger partial charge in [0.15, 0.2) is 0 Å². The van der Waals surface area contributed by atoms with Crippen molar-refractivity contribution in [3.05, 3.63) is 42.0 Å². The molecule has 0 bridgehead atoms. The third kappa shape index (κ3) is 3.99. The maximum Gasteiger partial charge on any atom is 0.0852 e. The van der Waals surface area contributed by atoms with Crippen LogP contribution in [0.3, 0.4) is 0 Å². The van der Waals surface area contributed by atoms with Gasteiger partial charge in [-0.1, -0.05) is 36.8 Å². The highest BCUT2D eigenvalue weighted by Crippen LogP contribution is 2.12. The molecule has 14 heavy (non-hydrogen) atoms. The zero-order valence-electron chi connectivity index (χ0n) is 8.77. The molecule has 0 spiro atoms. The summed E-state index contributed by atoms with van der Waals surface area (Å²) in [5.74, 6) is 0. The van der Waals surface area contributed by atoms with E-state index in [0.717, 1.165) is 12.1 Å². The summed E-state index contributed by atoms with van der Waals surface area (Å²) in [6.07, 6.45) is 5.17. The van der Waals surface area contributed by atoms with E-state index in [4.69, 9.17) is 0 Å². The molecule has 1 aromatic carbocycles. The van der Waals surface area contributed by atoms with Crippen LogP contribution in [0, 0.1) is 6.92 Å². The highest BCUT2D eigenvalue weighted by atomic mass is 15.1. The molecule has 0 saturated heterocycles. The molecule has 0 aliphatic rings. The van der Waals surface area contributed by atoms with E-state index in [1.165, 1.54) is 5.56 Å². The monoisotopic (exact) mass is 188 g/mol. The van der Waals surface area contributed by atoms with Gasteiger partial charge in [0, 0.05) is 0 Å². The number of hydrogen-bond acceptors (Lipinski definition) is 2. The molecule has 74 valence electrons. The van der Waals surface area contributed by atoms with Crippen LogP contribution in [0.1, 0.15) is 18.9 Å². The predicted molar refractivity (Wildman–Crippen MR) is 60.0 cm³/mol. The van der Waals surface area contributed by atoms with E-state index in [1.54, 1.807) is 0 Å². The van der Waals surface area contributed by atoms with E-state index in [0.29, 0.717) is 6.54 Å². The SMILES string of the molecule is CC/C=C\C/N=N/c1ccc(C)cc1. The number of aryl methyl sites for hydroxylation is 1. The quantitative estimate of drug-likeness (QED) is 0.503. The van der Waals surface area contributed by atoms with E-state index in [-0.39, 0.29) is 0 Å².